The van der Waals surface area contributed by atoms with Crippen LogP contribution < -0.4 is 10.6 Å². The summed E-state index contributed by atoms with van der Waals surface area (Å²) in [6, 6.07) is 16.1. The lowest BCUT2D eigenvalue weighted by Gasteiger charge is -2.11. The summed E-state index contributed by atoms with van der Waals surface area (Å²) in [6.07, 6.45) is 0.721. The maximum Gasteiger partial charge on any atom is 0.191 e. The Labute approximate surface area is 165 Å². The third-order valence-electron chi connectivity index (χ3n) is 3.44. The van der Waals surface area contributed by atoms with Gasteiger partial charge in [-0.15, -0.1) is 24.0 Å². The Kier molecular flexibility index (Phi) is 9.55. The number of hydrogen-bond donors (Lipinski definition) is 2. The highest BCUT2D eigenvalue weighted by Crippen LogP contribution is 2.05. The molecule has 25 heavy (non-hydrogen) atoms. The van der Waals surface area contributed by atoms with Crippen LogP contribution in [0.25, 0.3) is 0 Å². The molecule has 0 bridgehead atoms. The van der Waals surface area contributed by atoms with Crippen molar-refractivity contribution in [2.24, 2.45) is 4.99 Å². The number of aliphatic imine (C=N–C) groups is 1. The van der Waals surface area contributed by atoms with Crippen molar-refractivity contribution < 1.29 is 4.39 Å². The Balaban J connectivity index is 0.00000312. The van der Waals surface area contributed by atoms with Gasteiger partial charge in [0.05, 0.1) is 18.2 Å². The van der Waals surface area contributed by atoms with E-state index >= 15 is 0 Å². The van der Waals surface area contributed by atoms with Crippen molar-refractivity contribution in [3.8, 4) is 6.07 Å². The molecule has 0 aliphatic rings. The molecule has 0 amide bonds. The Bertz CT molecular complexity index is 723. The maximum atomic E-state index is 13.2. The van der Waals surface area contributed by atoms with E-state index in [4.69, 9.17) is 5.26 Å². The molecule has 4 nitrogen and oxygen atoms in total. The quantitative estimate of drug-likeness (QED) is 0.400. The molecular formula is C19H22FIN4. The molecule has 2 N–H and O–H groups in total. The van der Waals surface area contributed by atoms with E-state index < -0.39 is 0 Å². The zero-order chi connectivity index (χ0) is 17.2. The van der Waals surface area contributed by atoms with Crippen LogP contribution in [-0.2, 0) is 13.0 Å². The fourth-order valence-electron chi connectivity index (χ4n) is 2.21. The van der Waals surface area contributed by atoms with Crippen LogP contribution in [0.4, 0.5) is 4.39 Å². The van der Waals surface area contributed by atoms with Gasteiger partial charge in [-0.25, -0.2) is 9.38 Å². The molecule has 132 valence electrons. The highest BCUT2D eigenvalue weighted by atomic mass is 127. The van der Waals surface area contributed by atoms with Gasteiger partial charge >= 0.3 is 0 Å². The second kappa shape index (κ2) is 11.4. The number of benzene rings is 2. The minimum atomic E-state index is -0.214. The van der Waals surface area contributed by atoms with Crippen molar-refractivity contribution in [1.29, 1.82) is 5.26 Å². The lowest BCUT2D eigenvalue weighted by Crippen LogP contribution is -2.38. The van der Waals surface area contributed by atoms with E-state index in [0.29, 0.717) is 18.7 Å². The van der Waals surface area contributed by atoms with Crippen LogP contribution >= 0.6 is 24.0 Å². The van der Waals surface area contributed by atoms with E-state index in [1.54, 1.807) is 24.3 Å². The van der Waals surface area contributed by atoms with E-state index in [9.17, 15) is 4.39 Å². The summed E-state index contributed by atoms with van der Waals surface area (Å²) < 4.78 is 13.2. The summed E-state index contributed by atoms with van der Waals surface area (Å²) in [5.74, 6) is 0.507. The van der Waals surface area contributed by atoms with Gasteiger partial charge in [0, 0.05) is 13.1 Å². The average molecular weight is 452 g/mol. The predicted octanol–water partition coefficient (Wildman–Crippen LogP) is 3.61. The molecule has 0 saturated heterocycles. The Morgan fingerprint density at radius 1 is 1.12 bits per heavy atom. The highest BCUT2D eigenvalue weighted by Gasteiger charge is 2.00. The lowest BCUT2D eigenvalue weighted by atomic mass is 10.1. The molecule has 0 heterocycles. The number of hydrogen-bond acceptors (Lipinski definition) is 2. The lowest BCUT2D eigenvalue weighted by molar-refractivity contribution is 0.625. The Morgan fingerprint density at radius 3 is 2.52 bits per heavy atom. The number of guanidine groups is 1. The minimum absolute atomic E-state index is 0. The van der Waals surface area contributed by atoms with Crippen molar-refractivity contribution >= 4 is 29.9 Å². The second-order valence-electron chi connectivity index (χ2n) is 5.31. The molecule has 2 aromatic carbocycles. The molecule has 6 heteroatoms. The van der Waals surface area contributed by atoms with Gasteiger partial charge in [0.2, 0.25) is 0 Å². The average Bonchev–Trinajstić information content (AvgIpc) is 2.60. The Hall–Kier alpha value is -2.14. The molecule has 0 aromatic heterocycles. The van der Waals surface area contributed by atoms with Gasteiger partial charge in [-0.1, -0.05) is 24.3 Å². The molecule has 2 aromatic rings. The first-order valence-corrected chi connectivity index (χ1v) is 7.97. The normalized spacial score (nSPS) is 10.5. The van der Waals surface area contributed by atoms with Gasteiger partial charge in [0.15, 0.2) is 5.96 Å². The van der Waals surface area contributed by atoms with Crippen molar-refractivity contribution in [2.45, 2.75) is 19.9 Å². The van der Waals surface area contributed by atoms with Gasteiger partial charge in [-0.3, -0.25) is 0 Å². The number of nitrogens with zero attached hydrogens (tertiary/aromatic N) is 2. The summed E-state index contributed by atoms with van der Waals surface area (Å²) in [5, 5.41) is 15.2. The van der Waals surface area contributed by atoms with Crippen LogP contribution in [0, 0.1) is 17.1 Å². The molecule has 2 rings (SSSR count). The molecule has 0 aliphatic carbocycles. The largest absolute Gasteiger partial charge is 0.357 e. The third-order valence-corrected chi connectivity index (χ3v) is 3.44. The molecule has 0 fully saturated rings. The van der Waals surface area contributed by atoms with Gasteiger partial charge in [-0.2, -0.15) is 5.26 Å². The van der Waals surface area contributed by atoms with Crippen molar-refractivity contribution in [2.75, 3.05) is 13.1 Å². The van der Waals surface area contributed by atoms with Crippen LogP contribution in [0.1, 0.15) is 23.6 Å². The fourth-order valence-corrected chi connectivity index (χ4v) is 2.21. The number of nitrogens with one attached hydrogen (secondary N) is 2. The van der Waals surface area contributed by atoms with Gasteiger partial charge in [0.1, 0.15) is 5.82 Å². The molecule has 0 unspecified atom stereocenters. The fraction of sp³-hybridized carbons (Fsp3) is 0.263. The van der Waals surface area contributed by atoms with E-state index in [0.717, 1.165) is 30.1 Å². The Morgan fingerprint density at radius 2 is 1.88 bits per heavy atom. The molecule has 0 aliphatic heterocycles. The zero-order valence-corrected chi connectivity index (χ0v) is 16.5. The van der Waals surface area contributed by atoms with Crippen LogP contribution in [0.5, 0.6) is 0 Å². The van der Waals surface area contributed by atoms with Gasteiger partial charge in [0.25, 0.3) is 0 Å². The van der Waals surface area contributed by atoms with E-state index in [1.807, 2.05) is 25.1 Å². The summed E-state index contributed by atoms with van der Waals surface area (Å²) in [7, 11) is 0. The van der Waals surface area contributed by atoms with Crippen molar-refractivity contribution in [1.82, 2.24) is 10.6 Å². The number of nitriles is 1. The van der Waals surface area contributed by atoms with Crippen LogP contribution in [0.15, 0.2) is 53.5 Å². The standard InChI is InChI=1S/C19H21FN4.HI/c1-2-22-19(23-11-10-15-4-3-5-18(20)12-15)24-14-17-8-6-16(13-21)7-9-17;/h3-9,12H,2,10-11,14H2,1H3,(H2,22,23,24);1H. The summed E-state index contributed by atoms with van der Waals surface area (Å²) >= 11 is 0. The summed E-state index contributed by atoms with van der Waals surface area (Å²) in [4.78, 5) is 4.53. The third kappa shape index (κ3) is 7.52. The molecule has 0 saturated carbocycles. The van der Waals surface area contributed by atoms with E-state index in [2.05, 4.69) is 21.7 Å². The summed E-state index contributed by atoms with van der Waals surface area (Å²) in [6.45, 7) is 3.97. The van der Waals surface area contributed by atoms with Gasteiger partial charge in [-0.05, 0) is 48.7 Å². The molecular weight excluding hydrogens is 430 g/mol. The van der Waals surface area contributed by atoms with E-state index in [-0.39, 0.29) is 29.8 Å². The zero-order valence-electron chi connectivity index (χ0n) is 14.1. The first-order valence-electron chi connectivity index (χ1n) is 7.97. The molecule has 0 radical (unpaired) electrons. The maximum absolute atomic E-state index is 13.2. The van der Waals surface area contributed by atoms with Crippen molar-refractivity contribution in [3.05, 3.63) is 71.0 Å². The SMILES string of the molecule is CCNC(=NCc1ccc(C#N)cc1)NCCc1cccc(F)c1.I. The number of rotatable bonds is 6. The van der Waals surface area contributed by atoms with Crippen molar-refractivity contribution in [3.63, 3.8) is 0 Å². The molecule has 0 atom stereocenters. The topological polar surface area (TPSA) is 60.2 Å². The first kappa shape index (κ1) is 20.9. The smallest absolute Gasteiger partial charge is 0.191 e. The highest BCUT2D eigenvalue weighted by molar-refractivity contribution is 14.0. The monoisotopic (exact) mass is 452 g/mol. The predicted molar refractivity (Wildman–Crippen MR) is 109 cm³/mol. The van der Waals surface area contributed by atoms with Crippen LogP contribution in [0.2, 0.25) is 0 Å². The molecule has 0 spiro atoms. The van der Waals surface area contributed by atoms with E-state index in [1.165, 1.54) is 6.07 Å². The summed E-state index contributed by atoms with van der Waals surface area (Å²) in [5.41, 5.74) is 2.63. The second-order valence-corrected chi connectivity index (χ2v) is 5.31. The van der Waals surface area contributed by atoms with Gasteiger partial charge < -0.3 is 10.6 Å². The van der Waals surface area contributed by atoms with Crippen LogP contribution in [0.3, 0.4) is 0 Å². The minimum Gasteiger partial charge on any atom is -0.357 e. The first-order chi connectivity index (χ1) is 11.7. The number of halogens is 2. The van der Waals surface area contributed by atoms with Crippen LogP contribution in [-0.4, -0.2) is 19.0 Å².